The van der Waals surface area contributed by atoms with Gasteiger partial charge in [-0.15, -0.1) is 0 Å². The van der Waals surface area contributed by atoms with Gasteiger partial charge in [-0.2, -0.15) is 0 Å². The Hall–Kier alpha value is -3.68. The van der Waals surface area contributed by atoms with E-state index >= 15 is 0 Å². The van der Waals surface area contributed by atoms with Crippen LogP contribution in [0.3, 0.4) is 0 Å². The summed E-state index contributed by atoms with van der Waals surface area (Å²) >= 11 is 0. The molecule has 1 amide bonds. The van der Waals surface area contributed by atoms with E-state index in [0.717, 1.165) is 13.0 Å². The largest absolute Gasteiger partial charge is 0.383 e. The molecule has 148 valence electrons. The van der Waals surface area contributed by atoms with Crippen molar-refractivity contribution in [3.63, 3.8) is 0 Å². The van der Waals surface area contributed by atoms with Gasteiger partial charge in [-0.1, -0.05) is 6.07 Å². The Morgan fingerprint density at radius 2 is 2.07 bits per heavy atom. The number of hydrogen-bond acceptors (Lipinski definition) is 4. The van der Waals surface area contributed by atoms with Crippen LogP contribution >= 0.6 is 0 Å². The minimum absolute atomic E-state index is 0.167. The van der Waals surface area contributed by atoms with E-state index < -0.39 is 17.5 Å². The van der Waals surface area contributed by atoms with Gasteiger partial charge in [-0.05, 0) is 36.8 Å². The first-order valence-electron chi connectivity index (χ1n) is 9.18. The maximum atomic E-state index is 14.4. The van der Waals surface area contributed by atoms with E-state index in [2.05, 4.69) is 20.9 Å². The first kappa shape index (κ1) is 18.7. The van der Waals surface area contributed by atoms with E-state index in [4.69, 9.17) is 0 Å². The van der Waals surface area contributed by atoms with Crippen molar-refractivity contribution in [1.82, 2.24) is 9.55 Å². The fourth-order valence-electron chi connectivity index (χ4n) is 3.15. The Bertz CT molecular complexity index is 1060. The first-order valence-corrected chi connectivity index (χ1v) is 9.18. The average Bonchev–Trinajstić information content (AvgIpc) is 3.33. The van der Waals surface area contributed by atoms with Gasteiger partial charge in [0.1, 0.15) is 11.6 Å². The van der Waals surface area contributed by atoms with E-state index in [1.54, 1.807) is 30.7 Å². The van der Waals surface area contributed by atoms with Crippen molar-refractivity contribution in [2.45, 2.75) is 13.0 Å². The van der Waals surface area contributed by atoms with Crippen molar-refractivity contribution >= 4 is 28.5 Å². The molecule has 2 heterocycles. The predicted octanol–water partition coefficient (Wildman–Crippen LogP) is 4.07. The molecule has 1 aliphatic rings. The van der Waals surface area contributed by atoms with Gasteiger partial charge < -0.3 is 20.5 Å². The highest BCUT2D eigenvalue weighted by Crippen LogP contribution is 2.33. The SMILES string of the molecule is O=C1Nc2cccc(F)c2C1=CNc1ccc(NCCCn2ccnc2)c(F)c1. The topological polar surface area (TPSA) is 71.0 Å². The van der Waals surface area contributed by atoms with Crippen LogP contribution < -0.4 is 16.0 Å². The molecule has 3 N–H and O–H groups in total. The van der Waals surface area contributed by atoms with E-state index in [-0.39, 0.29) is 11.1 Å². The molecular formula is C21H19F2N5O. The minimum Gasteiger partial charge on any atom is -0.383 e. The number of aryl methyl sites for hydroxylation is 1. The molecule has 2 aromatic carbocycles. The molecule has 29 heavy (non-hydrogen) atoms. The molecule has 6 nitrogen and oxygen atoms in total. The first-order chi connectivity index (χ1) is 14.1. The molecule has 0 atom stereocenters. The van der Waals surface area contributed by atoms with Gasteiger partial charge in [0.2, 0.25) is 0 Å². The highest BCUT2D eigenvalue weighted by atomic mass is 19.1. The summed E-state index contributed by atoms with van der Waals surface area (Å²) < 4.78 is 30.4. The Kier molecular flexibility index (Phi) is 5.24. The minimum atomic E-state index is -0.490. The standard InChI is InChI=1S/C21H19F2N5O/c22-16-3-1-4-19-20(16)15(21(29)27-19)12-26-14-5-6-18(17(23)11-14)25-7-2-9-28-10-8-24-13-28/h1,3-6,8,10-13,25-26H,2,7,9H2,(H,27,29). The highest BCUT2D eigenvalue weighted by molar-refractivity contribution is 6.31. The van der Waals surface area contributed by atoms with Crippen molar-refractivity contribution in [3.05, 3.63) is 78.5 Å². The Morgan fingerprint density at radius 1 is 1.17 bits per heavy atom. The number of carbonyl (C=O) groups is 1. The van der Waals surface area contributed by atoms with Crippen LogP contribution in [0.4, 0.5) is 25.8 Å². The summed E-state index contributed by atoms with van der Waals surface area (Å²) in [5.41, 5.74) is 1.65. The zero-order valence-corrected chi connectivity index (χ0v) is 15.5. The molecule has 1 aliphatic heterocycles. The Balaban J connectivity index is 1.39. The van der Waals surface area contributed by atoms with Crippen LogP contribution in [0.15, 0.2) is 61.3 Å². The molecule has 0 saturated heterocycles. The number of imidazole rings is 1. The number of aromatic nitrogens is 2. The lowest BCUT2D eigenvalue weighted by Gasteiger charge is -2.10. The quantitative estimate of drug-likeness (QED) is 0.417. The van der Waals surface area contributed by atoms with Crippen molar-refractivity contribution in [2.24, 2.45) is 0 Å². The summed E-state index contributed by atoms with van der Waals surface area (Å²) in [5, 5.41) is 8.54. The van der Waals surface area contributed by atoms with Crippen LogP contribution in [-0.4, -0.2) is 22.0 Å². The maximum Gasteiger partial charge on any atom is 0.257 e. The second-order valence-electron chi connectivity index (χ2n) is 6.59. The molecule has 0 radical (unpaired) electrons. The molecule has 0 fully saturated rings. The van der Waals surface area contributed by atoms with Crippen LogP contribution in [0, 0.1) is 11.6 Å². The van der Waals surface area contributed by atoms with E-state index in [9.17, 15) is 13.6 Å². The highest BCUT2D eigenvalue weighted by Gasteiger charge is 2.27. The number of nitrogens with one attached hydrogen (secondary N) is 3. The van der Waals surface area contributed by atoms with Crippen LogP contribution in [0.2, 0.25) is 0 Å². The van der Waals surface area contributed by atoms with E-state index in [1.165, 1.54) is 24.4 Å². The number of fused-ring (bicyclic) bond motifs is 1. The van der Waals surface area contributed by atoms with Crippen molar-refractivity contribution in [2.75, 3.05) is 22.5 Å². The summed E-state index contributed by atoms with van der Waals surface area (Å²) in [4.78, 5) is 16.1. The summed E-state index contributed by atoms with van der Waals surface area (Å²) in [6, 6.07) is 9.08. The van der Waals surface area contributed by atoms with E-state index in [0.29, 0.717) is 23.6 Å². The second kappa shape index (κ2) is 8.14. The lowest BCUT2D eigenvalue weighted by molar-refractivity contribution is -0.110. The van der Waals surface area contributed by atoms with Crippen LogP contribution in [0.5, 0.6) is 0 Å². The molecule has 8 heteroatoms. The molecule has 4 rings (SSSR count). The van der Waals surface area contributed by atoms with Gasteiger partial charge in [0.15, 0.2) is 0 Å². The van der Waals surface area contributed by atoms with Gasteiger partial charge in [-0.3, -0.25) is 4.79 Å². The normalized spacial score (nSPS) is 14.0. The smallest absolute Gasteiger partial charge is 0.257 e. The summed E-state index contributed by atoms with van der Waals surface area (Å²) in [6.07, 6.45) is 7.55. The summed E-state index contributed by atoms with van der Waals surface area (Å²) in [6.45, 7) is 1.41. The van der Waals surface area contributed by atoms with Crippen LogP contribution in [0.1, 0.15) is 12.0 Å². The number of nitrogens with zero attached hydrogens (tertiary/aromatic N) is 2. The number of halogens is 2. The predicted molar refractivity (Wildman–Crippen MR) is 108 cm³/mol. The molecule has 0 bridgehead atoms. The summed E-state index contributed by atoms with van der Waals surface area (Å²) in [7, 11) is 0. The molecule has 0 aliphatic carbocycles. The third-order valence-electron chi connectivity index (χ3n) is 4.60. The maximum absolute atomic E-state index is 14.4. The third kappa shape index (κ3) is 4.11. The van der Waals surface area contributed by atoms with Crippen molar-refractivity contribution < 1.29 is 13.6 Å². The second-order valence-corrected chi connectivity index (χ2v) is 6.59. The molecule has 0 saturated carbocycles. The molecule has 3 aromatic rings. The Labute approximate surface area is 166 Å². The zero-order chi connectivity index (χ0) is 20.2. The summed E-state index contributed by atoms with van der Waals surface area (Å²) in [5.74, 6) is -1.32. The lowest BCUT2D eigenvalue weighted by atomic mass is 10.1. The molecule has 1 aromatic heterocycles. The van der Waals surface area contributed by atoms with Crippen LogP contribution in [-0.2, 0) is 11.3 Å². The number of anilines is 3. The van der Waals surface area contributed by atoms with E-state index in [1.807, 2.05) is 10.8 Å². The lowest BCUT2D eigenvalue weighted by Crippen LogP contribution is -2.07. The van der Waals surface area contributed by atoms with Crippen molar-refractivity contribution in [1.29, 1.82) is 0 Å². The fourth-order valence-corrected chi connectivity index (χ4v) is 3.15. The number of rotatable bonds is 7. The molecule has 0 unspecified atom stereocenters. The van der Waals surface area contributed by atoms with Gasteiger partial charge in [-0.25, -0.2) is 13.8 Å². The van der Waals surface area contributed by atoms with Gasteiger partial charge in [0.25, 0.3) is 5.91 Å². The number of hydrogen-bond donors (Lipinski definition) is 3. The fraction of sp³-hybridized carbons (Fsp3) is 0.143. The zero-order valence-electron chi connectivity index (χ0n) is 15.5. The number of benzene rings is 2. The third-order valence-corrected chi connectivity index (χ3v) is 4.60. The van der Waals surface area contributed by atoms with Gasteiger partial charge >= 0.3 is 0 Å². The Morgan fingerprint density at radius 3 is 2.86 bits per heavy atom. The van der Waals surface area contributed by atoms with Crippen molar-refractivity contribution in [3.8, 4) is 0 Å². The monoisotopic (exact) mass is 395 g/mol. The number of carbonyl (C=O) groups excluding carboxylic acids is 1. The van der Waals surface area contributed by atoms with Crippen LogP contribution in [0.25, 0.3) is 5.57 Å². The number of amides is 1. The van der Waals surface area contributed by atoms with Gasteiger partial charge in [0, 0.05) is 42.9 Å². The van der Waals surface area contributed by atoms with Gasteiger partial charge in [0.05, 0.1) is 23.3 Å². The average molecular weight is 395 g/mol. The molecular weight excluding hydrogens is 376 g/mol. The molecule has 0 spiro atoms.